The summed E-state index contributed by atoms with van der Waals surface area (Å²) in [5, 5.41) is 8.07. The summed E-state index contributed by atoms with van der Waals surface area (Å²) in [4.78, 5) is 14.8. The van der Waals surface area contributed by atoms with Crippen molar-refractivity contribution < 1.29 is 13.2 Å². The number of piperidine rings is 1. The smallest absolute Gasteiger partial charge is 0.238 e. The van der Waals surface area contributed by atoms with Crippen LogP contribution < -0.4 is 10.5 Å². The first-order chi connectivity index (χ1) is 11.3. The monoisotopic (exact) mass is 353 g/mol. The van der Waals surface area contributed by atoms with Crippen molar-refractivity contribution in [3.63, 3.8) is 0 Å². The van der Waals surface area contributed by atoms with Gasteiger partial charge in [0.2, 0.25) is 15.9 Å². The van der Waals surface area contributed by atoms with Crippen LogP contribution in [0.4, 0.5) is 0 Å². The Balaban J connectivity index is 1.80. The summed E-state index contributed by atoms with van der Waals surface area (Å²) in [7, 11) is -3.65. The average molecular weight is 353 g/mol. The van der Waals surface area contributed by atoms with Crippen molar-refractivity contribution in [2.24, 2.45) is 11.1 Å². The van der Waals surface area contributed by atoms with Crippen molar-refractivity contribution in [2.45, 2.75) is 44.0 Å². The van der Waals surface area contributed by atoms with E-state index in [4.69, 9.17) is 5.14 Å². The molecular formula is C17H27N3O3S. The van der Waals surface area contributed by atoms with Gasteiger partial charge in [0.15, 0.2) is 0 Å². The highest BCUT2D eigenvalue weighted by atomic mass is 32.2. The topological polar surface area (TPSA) is 92.5 Å². The molecule has 1 aromatic carbocycles. The molecule has 0 aliphatic carbocycles. The summed E-state index contributed by atoms with van der Waals surface area (Å²) in [6.07, 6.45) is 2.67. The van der Waals surface area contributed by atoms with E-state index >= 15 is 0 Å². The van der Waals surface area contributed by atoms with Gasteiger partial charge in [-0.1, -0.05) is 12.1 Å². The van der Waals surface area contributed by atoms with Crippen LogP contribution in [0.3, 0.4) is 0 Å². The second-order valence-electron chi connectivity index (χ2n) is 6.66. The SMILES string of the molecule is CC(C)N1CCCC(C(=O)NCCc2ccc(S(N)(=O)=O)cc2)C1. The molecule has 1 saturated heterocycles. The van der Waals surface area contributed by atoms with Gasteiger partial charge in [-0.05, 0) is 57.4 Å². The van der Waals surface area contributed by atoms with Gasteiger partial charge in [0.1, 0.15) is 0 Å². The van der Waals surface area contributed by atoms with Crippen molar-refractivity contribution in [1.29, 1.82) is 0 Å². The van der Waals surface area contributed by atoms with Crippen LogP contribution in [0.15, 0.2) is 29.2 Å². The second kappa shape index (κ2) is 8.09. The largest absolute Gasteiger partial charge is 0.355 e. The molecule has 1 aliphatic rings. The van der Waals surface area contributed by atoms with E-state index in [-0.39, 0.29) is 16.7 Å². The fourth-order valence-electron chi connectivity index (χ4n) is 3.01. The third kappa shape index (κ3) is 5.29. The van der Waals surface area contributed by atoms with E-state index in [0.717, 1.165) is 31.5 Å². The number of hydrogen-bond acceptors (Lipinski definition) is 4. The third-order valence-electron chi connectivity index (χ3n) is 4.52. The van der Waals surface area contributed by atoms with Crippen molar-refractivity contribution in [3.05, 3.63) is 29.8 Å². The molecule has 0 radical (unpaired) electrons. The van der Waals surface area contributed by atoms with Crippen LogP contribution >= 0.6 is 0 Å². The standard InChI is InChI=1S/C17H27N3O3S/c1-13(2)20-11-3-4-15(12-20)17(21)19-10-9-14-5-7-16(8-6-14)24(18,22)23/h5-8,13,15H,3-4,9-12H2,1-2H3,(H,19,21)(H2,18,22,23). The van der Waals surface area contributed by atoms with Gasteiger partial charge in [0.05, 0.1) is 10.8 Å². The maximum Gasteiger partial charge on any atom is 0.238 e. The van der Waals surface area contributed by atoms with Gasteiger partial charge in [0.25, 0.3) is 0 Å². The first-order valence-corrected chi connectivity index (χ1v) is 9.95. The molecule has 0 saturated carbocycles. The van der Waals surface area contributed by atoms with E-state index in [1.54, 1.807) is 12.1 Å². The Morgan fingerprint density at radius 1 is 1.33 bits per heavy atom. The van der Waals surface area contributed by atoms with Crippen molar-refractivity contribution in [2.75, 3.05) is 19.6 Å². The third-order valence-corrected chi connectivity index (χ3v) is 5.45. The average Bonchev–Trinajstić information content (AvgIpc) is 2.54. The molecule has 1 atom stereocenters. The summed E-state index contributed by atoms with van der Waals surface area (Å²) >= 11 is 0. The number of sulfonamides is 1. The lowest BCUT2D eigenvalue weighted by molar-refractivity contribution is -0.126. The van der Waals surface area contributed by atoms with Gasteiger partial charge < -0.3 is 10.2 Å². The highest BCUT2D eigenvalue weighted by molar-refractivity contribution is 7.89. The fraction of sp³-hybridized carbons (Fsp3) is 0.588. The number of hydrogen-bond donors (Lipinski definition) is 2. The maximum atomic E-state index is 12.3. The summed E-state index contributed by atoms with van der Waals surface area (Å²) in [5.74, 6) is 0.174. The molecule has 0 aromatic heterocycles. The molecule has 1 aromatic rings. The number of rotatable bonds is 6. The molecule has 1 unspecified atom stereocenters. The summed E-state index contributed by atoms with van der Waals surface area (Å²) in [6.45, 7) is 6.76. The minimum atomic E-state index is -3.65. The lowest BCUT2D eigenvalue weighted by Crippen LogP contribution is -2.45. The molecule has 0 spiro atoms. The number of carbonyl (C=O) groups is 1. The van der Waals surface area contributed by atoms with E-state index in [0.29, 0.717) is 19.0 Å². The van der Waals surface area contributed by atoms with E-state index in [1.807, 2.05) is 0 Å². The first-order valence-electron chi connectivity index (χ1n) is 8.41. The molecule has 1 fully saturated rings. The van der Waals surface area contributed by atoms with E-state index in [2.05, 4.69) is 24.1 Å². The lowest BCUT2D eigenvalue weighted by atomic mass is 9.96. The molecule has 24 heavy (non-hydrogen) atoms. The van der Waals surface area contributed by atoms with E-state index in [1.165, 1.54) is 12.1 Å². The number of nitrogens with zero attached hydrogens (tertiary/aromatic N) is 1. The van der Waals surface area contributed by atoms with Gasteiger partial charge in [-0.3, -0.25) is 4.79 Å². The zero-order chi connectivity index (χ0) is 17.7. The van der Waals surface area contributed by atoms with Crippen LogP contribution in [0.5, 0.6) is 0 Å². The molecule has 134 valence electrons. The maximum absolute atomic E-state index is 12.3. The normalized spacial score (nSPS) is 19.4. The van der Waals surface area contributed by atoms with Crippen molar-refractivity contribution >= 4 is 15.9 Å². The Morgan fingerprint density at radius 2 is 2.00 bits per heavy atom. The molecule has 1 aliphatic heterocycles. The number of nitrogens with one attached hydrogen (secondary N) is 1. The van der Waals surface area contributed by atoms with Crippen LogP contribution in [-0.4, -0.2) is 44.9 Å². The predicted molar refractivity (Wildman–Crippen MR) is 94.0 cm³/mol. The second-order valence-corrected chi connectivity index (χ2v) is 8.22. The summed E-state index contributed by atoms with van der Waals surface area (Å²) in [5.41, 5.74) is 0.968. The van der Waals surface area contributed by atoms with Crippen molar-refractivity contribution in [3.8, 4) is 0 Å². The Hall–Kier alpha value is -1.44. The zero-order valence-corrected chi connectivity index (χ0v) is 15.2. The van der Waals surface area contributed by atoms with Crippen LogP contribution in [0.25, 0.3) is 0 Å². The number of benzene rings is 1. The van der Waals surface area contributed by atoms with Gasteiger partial charge in [-0.2, -0.15) is 0 Å². The van der Waals surface area contributed by atoms with E-state index in [9.17, 15) is 13.2 Å². The molecule has 1 amide bonds. The minimum Gasteiger partial charge on any atom is -0.355 e. The molecule has 3 N–H and O–H groups in total. The zero-order valence-electron chi connectivity index (χ0n) is 14.4. The quantitative estimate of drug-likeness (QED) is 0.801. The fourth-order valence-corrected chi connectivity index (χ4v) is 3.53. The molecular weight excluding hydrogens is 326 g/mol. The Bertz CT molecular complexity index is 656. The van der Waals surface area contributed by atoms with Gasteiger partial charge in [0, 0.05) is 19.1 Å². The molecule has 6 nitrogen and oxygen atoms in total. The van der Waals surface area contributed by atoms with E-state index < -0.39 is 10.0 Å². The Labute approximate surface area is 144 Å². The van der Waals surface area contributed by atoms with Crippen molar-refractivity contribution in [1.82, 2.24) is 10.2 Å². The lowest BCUT2D eigenvalue weighted by Gasteiger charge is -2.34. The number of carbonyl (C=O) groups excluding carboxylic acids is 1. The first kappa shape index (κ1) is 18.9. The number of amides is 1. The summed E-state index contributed by atoms with van der Waals surface area (Å²) < 4.78 is 22.4. The minimum absolute atomic E-state index is 0.0610. The molecule has 1 heterocycles. The Morgan fingerprint density at radius 3 is 2.58 bits per heavy atom. The highest BCUT2D eigenvalue weighted by Gasteiger charge is 2.26. The highest BCUT2D eigenvalue weighted by Crippen LogP contribution is 2.18. The van der Waals surface area contributed by atoms with Gasteiger partial charge in [-0.25, -0.2) is 13.6 Å². The summed E-state index contributed by atoms with van der Waals surface area (Å²) in [6, 6.07) is 6.92. The number of likely N-dealkylation sites (tertiary alicyclic amines) is 1. The van der Waals surface area contributed by atoms with Crippen LogP contribution in [0.1, 0.15) is 32.3 Å². The molecule has 2 rings (SSSR count). The van der Waals surface area contributed by atoms with Crippen LogP contribution in [0, 0.1) is 5.92 Å². The van der Waals surface area contributed by atoms with Crippen LogP contribution in [0.2, 0.25) is 0 Å². The number of primary sulfonamides is 1. The Kier molecular flexibility index (Phi) is 6.37. The number of nitrogens with two attached hydrogens (primary N) is 1. The van der Waals surface area contributed by atoms with Gasteiger partial charge >= 0.3 is 0 Å². The van der Waals surface area contributed by atoms with Crippen LogP contribution in [-0.2, 0) is 21.2 Å². The van der Waals surface area contributed by atoms with Gasteiger partial charge in [-0.15, -0.1) is 0 Å². The predicted octanol–water partition coefficient (Wildman–Crippen LogP) is 1.11. The molecule has 0 bridgehead atoms. The molecule has 7 heteroatoms.